The van der Waals surface area contributed by atoms with Crippen LogP contribution in [0.25, 0.3) is 0 Å². The van der Waals surface area contributed by atoms with Crippen LogP contribution < -0.4 is 0 Å². The van der Waals surface area contributed by atoms with Crippen LogP contribution in [-0.4, -0.2) is 34.5 Å². The summed E-state index contributed by atoms with van der Waals surface area (Å²) in [6.07, 6.45) is 14.5. The fourth-order valence-electron chi connectivity index (χ4n) is 4.05. The maximum atomic E-state index is 10.5. The van der Waals surface area contributed by atoms with Crippen molar-refractivity contribution < 1.29 is 24.8 Å². The third kappa shape index (κ3) is 6.72. The number of aliphatic carboxylic acids is 1. The van der Waals surface area contributed by atoms with Crippen LogP contribution in [0.5, 0.6) is 0 Å². The Hall–Kier alpha value is -0.910. The number of rotatable bonds is 13. The van der Waals surface area contributed by atoms with Crippen molar-refractivity contribution in [3.05, 3.63) is 12.2 Å². The van der Waals surface area contributed by atoms with Gasteiger partial charge in [-0.2, -0.15) is 0 Å². The number of aliphatic hydroxyl groups excluding tert-OH is 1. The second-order valence-electron chi connectivity index (χ2n) is 7.54. The molecule has 5 heteroatoms. The van der Waals surface area contributed by atoms with E-state index in [0.717, 1.165) is 51.4 Å². The van der Waals surface area contributed by atoms with Gasteiger partial charge < -0.3 is 10.2 Å². The second kappa shape index (κ2) is 10.9. The summed E-state index contributed by atoms with van der Waals surface area (Å²) in [6, 6.07) is 0. The summed E-state index contributed by atoms with van der Waals surface area (Å²) in [5.41, 5.74) is 0. The molecule has 0 aromatic carbocycles. The SMILES string of the molecule is CCCCCC(O)C=C[C@H]1C2CC(OO2)C1CCCCCCC(=O)O. The normalized spacial score (nSPS) is 29.5. The monoisotopic (exact) mass is 354 g/mol. The Balaban J connectivity index is 1.71. The summed E-state index contributed by atoms with van der Waals surface area (Å²) in [6.45, 7) is 2.17. The van der Waals surface area contributed by atoms with Gasteiger partial charge in [-0.1, -0.05) is 57.6 Å². The van der Waals surface area contributed by atoms with Gasteiger partial charge in [-0.25, -0.2) is 9.78 Å². The highest BCUT2D eigenvalue weighted by atomic mass is 17.2. The van der Waals surface area contributed by atoms with E-state index in [1.165, 1.54) is 12.8 Å². The standard InChI is InChI=1S/C20H34O5/c1-2-3-6-9-15(21)12-13-17-16(18-14-19(17)25-24-18)10-7-4-5-8-11-20(22)23/h12-13,15-19,21H,2-11,14H2,1H3,(H,22,23)/t15?,16?,17-,18?,19?/m1/s1. The Morgan fingerprint density at radius 1 is 1.12 bits per heavy atom. The minimum absolute atomic E-state index is 0.126. The van der Waals surface area contributed by atoms with Gasteiger partial charge in [-0.15, -0.1) is 0 Å². The molecule has 1 heterocycles. The first kappa shape index (κ1) is 20.4. The van der Waals surface area contributed by atoms with Crippen molar-refractivity contribution in [2.24, 2.45) is 11.8 Å². The number of carbonyl (C=O) groups is 1. The van der Waals surface area contributed by atoms with Gasteiger partial charge in [0, 0.05) is 18.8 Å². The van der Waals surface area contributed by atoms with Gasteiger partial charge in [0.1, 0.15) is 6.10 Å². The molecule has 5 nitrogen and oxygen atoms in total. The molecule has 2 fully saturated rings. The number of aliphatic hydroxyl groups is 1. The highest BCUT2D eigenvalue weighted by Crippen LogP contribution is 2.45. The van der Waals surface area contributed by atoms with E-state index in [2.05, 4.69) is 13.0 Å². The van der Waals surface area contributed by atoms with Crippen LogP contribution >= 0.6 is 0 Å². The fourth-order valence-corrected chi connectivity index (χ4v) is 4.05. The van der Waals surface area contributed by atoms with Crippen molar-refractivity contribution in [2.75, 3.05) is 0 Å². The van der Waals surface area contributed by atoms with E-state index in [4.69, 9.17) is 14.9 Å². The summed E-state index contributed by atoms with van der Waals surface area (Å²) in [7, 11) is 0. The molecule has 144 valence electrons. The fraction of sp³-hybridized carbons (Fsp3) is 0.850. The van der Waals surface area contributed by atoms with Crippen LogP contribution in [0.1, 0.15) is 77.6 Å². The molecule has 1 saturated heterocycles. The first-order valence-electron chi connectivity index (χ1n) is 10.0. The highest BCUT2D eigenvalue weighted by Gasteiger charge is 2.49. The molecule has 2 rings (SSSR count). The summed E-state index contributed by atoms with van der Waals surface area (Å²) in [5.74, 6) is 0.0808. The predicted octanol–water partition coefficient (Wildman–Crippen LogP) is 4.24. The summed E-state index contributed by atoms with van der Waals surface area (Å²) in [4.78, 5) is 21.3. The maximum absolute atomic E-state index is 10.5. The topological polar surface area (TPSA) is 76.0 Å². The zero-order valence-corrected chi connectivity index (χ0v) is 15.4. The van der Waals surface area contributed by atoms with Gasteiger partial charge in [-0.05, 0) is 25.2 Å². The van der Waals surface area contributed by atoms with Crippen molar-refractivity contribution in [1.82, 2.24) is 0 Å². The molecule has 0 radical (unpaired) electrons. The summed E-state index contributed by atoms with van der Waals surface area (Å²) >= 11 is 0. The van der Waals surface area contributed by atoms with E-state index in [9.17, 15) is 9.90 Å². The molecule has 0 aromatic heterocycles. The van der Waals surface area contributed by atoms with Crippen molar-refractivity contribution in [1.29, 1.82) is 0 Å². The lowest BCUT2D eigenvalue weighted by Crippen LogP contribution is -2.29. The molecule has 4 unspecified atom stereocenters. The van der Waals surface area contributed by atoms with E-state index >= 15 is 0 Å². The van der Waals surface area contributed by atoms with Gasteiger partial charge in [0.05, 0.1) is 12.2 Å². The first-order valence-corrected chi connectivity index (χ1v) is 10.0. The van der Waals surface area contributed by atoms with E-state index in [0.29, 0.717) is 11.8 Å². The van der Waals surface area contributed by atoms with E-state index < -0.39 is 5.97 Å². The van der Waals surface area contributed by atoms with Crippen LogP contribution in [0, 0.1) is 11.8 Å². The van der Waals surface area contributed by atoms with Crippen LogP contribution in [-0.2, 0) is 14.6 Å². The van der Waals surface area contributed by atoms with Gasteiger partial charge >= 0.3 is 5.97 Å². The average Bonchev–Trinajstić information content (AvgIpc) is 3.17. The third-order valence-electron chi connectivity index (χ3n) is 5.51. The van der Waals surface area contributed by atoms with Crippen LogP contribution in [0.15, 0.2) is 12.2 Å². The number of fused-ring (bicyclic) bond motifs is 2. The molecule has 0 amide bonds. The largest absolute Gasteiger partial charge is 0.481 e. The first-order chi connectivity index (χ1) is 12.1. The lowest BCUT2D eigenvalue weighted by Gasteiger charge is -2.28. The molecule has 2 N–H and O–H groups in total. The third-order valence-corrected chi connectivity index (χ3v) is 5.51. The van der Waals surface area contributed by atoms with E-state index in [-0.39, 0.29) is 24.7 Å². The molecule has 1 aliphatic heterocycles. The smallest absolute Gasteiger partial charge is 0.303 e. The Morgan fingerprint density at radius 3 is 2.64 bits per heavy atom. The Labute approximate surface area is 151 Å². The van der Waals surface area contributed by atoms with Crippen molar-refractivity contribution in [2.45, 2.75) is 95.9 Å². The number of carboxylic acids is 1. The van der Waals surface area contributed by atoms with Crippen molar-refractivity contribution in [3.63, 3.8) is 0 Å². The van der Waals surface area contributed by atoms with Crippen LogP contribution in [0.3, 0.4) is 0 Å². The van der Waals surface area contributed by atoms with E-state index in [1.807, 2.05) is 6.08 Å². The van der Waals surface area contributed by atoms with E-state index in [1.54, 1.807) is 0 Å². The predicted molar refractivity (Wildman–Crippen MR) is 96.0 cm³/mol. The quantitative estimate of drug-likeness (QED) is 0.294. The van der Waals surface area contributed by atoms with Crippen molar-refractivity contribution >= 4 is 5.97 Å². The minimum Gasteiger partial charge on any atom is -0.481 e. The maximum Gasteiger partial charge on any atom is 0.303 e. The summed E-state index contributed by atoms with van der Waals surface area (Å²) < 4.78 is 0. The van der Waals surface area contributed by atoms with Gasteiger partial charge in [-0.3, -0.25) is 4.79 Å². The van der Waals surface area contributed by atoms with Crippen LogP contribution in [0.2, 0.25) is 0 Å². The molecule has 0 spiro atoms. The lowest BCUT2D eigenvalue weighted by molar-refractivity contribution is -0.337. The zero-order chi connectivity index (χ0) is 18.1. The Morgan fingerprint density at radius 2 is 1.88 bits per heavy atom. The number of unbranched alkanes of at least 4 members (excludes halogenated alkanes) is 5. The van der Waals surface area contributed by atoms with Crippen molar-refractivity contribution in [3.8, 4) is 0 Å². The number of hydrogen-bond acceptors (Lipinski definition) is 4. The van der Waals surface area contributed by atoms with Gasteiger partial charge in [0.25, 0.3) is 0 Å². The zero-order valence-electron chi connectivity index (χ0n) is 15.4. The molecule has 1 aliphatic carbocycles. The summed E-state index contributed by atoms with van der Waals surface area (Å²) in [5, 5.41) is 18.8. The minimum atomic E-state index is -0.707. The van der Waals surface area contributed by atoms with Crippen LogP contribution in [0.4, 0.5) is 0 Å². The molecular weight excluding hydrogens is 320 g/mol. The van der Waals surface area contributed by atoms with Gasteiger partial charge in [0.15, 0.2) is 0 Å². The molecule has 25 heavy (non-hydrogen) atoms. The number of carboxylic acid groups (broad SMARTS) is 1. The molecule has 5 atom stereocenters. The lowest BCUT2D eigenvalue weighted by atomic mass is 9.87. The second-order valence-corrected chi connectivity index (χ2v) is 7.54. The molecular formula is C20H34O5. The average molecular weight is 354 g/mol. The molecule has 1 saturated carbocycles. The highest BCUT2D eigenvalue weighted by molar-refractivity contribution is 5.66. The Bertz CT molecular complexity index is 422. The Kier molecular flexibility index (Phi) is 8.93. The molecule has 2 bridgehead atoms. The number of hydrogen-bond donors (Lipinski definition) is 2. The van der Waals surface area contributed by atoms with Gasteiger partial charge in [0.2, 0.25) is 0 Å². The molecule has 0 aromatic rings. The molecule has 2 aliphatic rings.